The summed E-state index contributed by atoms with van der Waals surface area (Å²) in [7, 11) is 1.48. The smallest absolute Gasteiger partial charge is 0.326 e. The molecule has 0 aliphatic carbocycles. The van der Waals surface area contributed by atoms with Crippen molar-refractivity contribution in [3.8, 4) is 0 Å². The number of benzene rings is 1. The van der Waals surface area contributed by atoms with E-state index in [2.05, 4.69) is 5.32 Å². The summed E-state index contributed by atoms with van der Waals surface area (Å²) in [6.45, 7) is 3.40. The zero-order valence-electron chi connectivity index (χ0n) is 12.2. The lowest BCUT2D eigenvalue weighted by Gasteiger charge is -2.24. The van der Waals surface area contributed by atoms with Crippen molar-refractivity contribution in [3.63, 3.8) is 0 Å². The molecule has 0 saturated heterocycles. The third kappa shape index (κ3) is 4.91. The van der Waals surface area contributed by atoms with Crippen molar-refractivity contribution in [3.05, 3.63) is 35.9 Å². The topological polar surface area (TPSA) is 69.6 Å². The van der Waals surface area contributed by atoms with Gasteiger partial charge in [-0.2, -0.15) is 0 Å². The number of amides is 2. The third-order valence-electron chi connectivity index (χ3n) is 3.34. The van der Waals surface area contributed by atoms with E-state index in [1.54, 1.807) is 0 Å². The molecular weight excluding hydrogens is 256 g/mol. The molecule has 2 amide bonds. The fourth-order valence-electron chi connectivity index (χ4n) is 1.75. The van der Waals surface area contributed by atoms with Gasteiger partial charge in [-0.25, -0.2) is 9.59 Å². The molecule has 2 N–H and O–H groups in total. The molecule has 2 atom stereocenters. The maximum Gasteiger partial charge on any atom is 0.326 e. The molecule has 1 rings (SSSR count). The summed E-state index contributed by atoms with van der Waals surface area (Å²) in [6.07, 6.45) is 1.69. The largest absolute Gasteiger partial charge is 0.480 e. The SMILES string of the molecule is CC(CCc1ccccc1)NC(=O)N(C)C(C)C(=O)O. The molecule has 2 unspecified atom stereocenters. The van der Waals surface area contributed by atoms with E-state index < -0.39 is 12.0 Å². The van der Waals surface area contributed by atoms with Crippen molar-refractivity contribution in [2.24, 2.45) is 0 Å². The summed E-state index contributed by atoms with van der Waals surface area (Å²) in [6, 6.07) is 8.84. The molecule has 1 aromatic carbocycles. The van der Waals surface area contributed by atoms with Crippen LogP contribution in [0.4, 0.5) is 4.79 Å². The minimum absolute atomic E-state index is 0.00819. The molecule has 0 bridgehead atoms. The van der Waals surface area contributed by atoms with Gasteiger partial charge in [0.1, 0.15) is 6.04 Å². The number of hydrogen-bond donors (Lipinski definition) is 2. The monoisotopic (exact) mass is 278 g/mol. The number of carbonyl (C=O) groups excluding carboxylic acids is 1. The van der Waals surface area contributed by atoms with Gasteiger partial charge in [-0.1, -0.05) is 30.3 Å². The van der Waals surface area contributed by atoms with Gasteiger partial charge in [0.2, 0.25) is 0 Å². The Morgan fingerprint density at radius 1 is 1.25 bits per heavy atom. The zero-order valence-corrected chi connectivity index (χ0v) is 12.2. The zero-order chi connectivity index (χ0) is 15.1. The van der Waals surface area contributed by atoms with Crippen LogP contribution in [0.15, 0.2) is 30.3 Å². The Hall–Kier alpha value is -2.04. The Bertz CT molecular complexity index is 448. The summed E-state index contributed by atoms with van der Waals surface area (Å²) in [5, 5.41) is 11.7. The van der Waals surface area contributed by atoms with Crippen LogP contribution in [0.25, 0.3) is 0 Å². The number of carboxylic acid groups (broad SMARTS) is 1. The fraction of sp³-hybridized carbons (Fsp3) is 0.467. The van der Waals surface area contributed by atoms with Crippen LogP contribution in [0.2, 0.25) is 0 Å². The lowest BCUT2D eigenvalue weighted by Crippen LogP contribution is -2.48. The van der Waals surface area contributed by atoms with E-state index >= 15 is 0 Å². The van der Waals surface area contributed by atoms with Gasteiger partial charge in [0.25, 0.3) is 0 Å². The van der Waals surface area contributed by atoms with Crippen LogP contribution in [-0.4, -0.2) is 41.1 Å². The van der Waals surface area contributed by atoms with Gasteiger partial charge in [0.05, 0.1) is 0 Å². The lowest BCUT2D eigenvalue weighted by atomic mass is 10.1. The number of carbonyl (C=O) groups is 2. The van der Waals surface area contributed by atoms with E-state index in [-0.39, 0.29) is 12.1 Å². The summed E-state index contributed by atoms with van der Waals surface area (Å²) in [4.78, 5) is 23.9. The lowest BCUT2D eigenvalue weighted by molar-refractivity contribution is -0.141. The van der Waals surface area contributed by atoms with E-state index in [0.717, 1.165) is 12.8 Å². The van der Waals surface area contributed by atoms with Gasteiger partial charge in [0, 0.05) is 13.1 Å². The predicted octanol–water partition coefficient (Wildman–Crippen LogP) is 2.12. The van der Waals surface area contributed by atoms with Crippen LogP contribution in [0.5, 0.6) is 0 Å². The third-order valence-corrected chi connectivity index (χ3v) is 3.34. The maximum absolute atomic E-state index is 11.9. The minimum Gasteiger partial charge on any atom is -0.480 e. The van der Waals surface area contributed by atoms with E-state index in [1.165, 1.54) is 24.4 Å². The highest BCUT2D eigenvalue weighted by molar-refractivity contribution is 5.82. The average molecular weight is 278 g/mol. The van der Waals surface area contributed by atoms with E-state index in [4.69, 9.17) is 5.11 Å². The van der Waals surface area contributed by atoms with E-state index in [1.807, 2.05) is 37.3 Å². The van der Waals surface area contributed by atoms with Crippen molar-refractivity contribution in [1.82, 2.24) is 10.2 Å². The molecular formula is C15H22N2O3. The Morgan fingerprint density at radius 3 is 2.40 bits per heavy atom. The van der Waals surface area contributed by atoms with Gasteiger partial charge in [0.15, 0.2) is 0 Å². The van der Waals surface area contributed by atoms with Crippen molar-refractivity contribution >= 4 is 12.0 Å². The molecule has 5 heteroatoms. The molecule has 20 heavy (non-hydrogen) atoms. The van der Waals surface area contributed by atoms with Crippen LogP contribution < -0.4 is 5.32 Å². The first-order valence-electron chi connectivity index (χ1n) is 6.72. The highest BCUT2D eigenvalue weighted by atomic mass is 16.4. The normalized spacial score (nSPS) is 13.3. The van der Waals surface area contributed by atoms with Crippen molar-refractivity contribution < 1.29 is 14.7 Å². The van der Waals surface area contributed by atoms with E-state index in [0.29, 0.717) is 0 Å². The van der Waals surface area contributed by atoms with Crippen LogP contribution in [0, 0.1) is 0 Å². The van der Waals surface area contributed by atoms with Gasteiger partial charge < -0.3 is 15.3 Å². The summed E-state index contributed by atoms with van der Waals surface area (Å²) >= 11 is 0. The van der Waals surface area contributed by atoms with E-state index in [9.17, 15) is 9.59 Å². The predicted molar refractivity (Wildman–Crippen MR) is 77.6 cm³/mol. The van der Waals surface area contributed by atoms with Crippen LogP contribution in [0.1, 0.15) is 25.8 Å². The molecule has 0 aromatic heterocycles. The fourth-order valence-corrected chi connectivity index (χ4v) is 1.75. The molecule has 1 aromatic rings. The Morgan fingerprint density at radius 2 is 1.85 bits per heavy atom. The number of nitrogens with zero attached hydrogens (tertiary/aromatic N) is 1. The highest BCUT2D eigenvalue weighted by Crippen LogP contribution is 2.05. The molecule has 0 aliphatic heterocycles. The van der Waals surface area contributed by atoms with Crippen molar-refractivity contribution in [2.75, 3.05) is 7.05 Å². The Balaban J connectivity index is 2.40. The van der Waals surface area contributed by atoms with Crippen LogP contribution in [0.3, 0.4) is 0 Å². The number of rotatable bonds is 6. The standard InChI is InChI=1S/C15H22N2O3/c1-11(9-10-13-7-5-4-6-8-13)16-15(20)17(3)12(2)14(18)19/h4-8,11-12H,9-10H2,1-3H3,(H,16,20)(H,18,19). The first-order valence-corrected chi connectivity index (χ1v) is 6.72. The van der Waals surface area contributed by atoms with Crippen molar-refractivity contribution in [2.45, 2.75) is 38.8 Å². The summed E-state index contributed by atoms with van der Waals surface area (Å²) in [5.74, 6) is -1.01. The first kappa shape index (κ1) is 16.0. The quantitative estimate of drug-likeness (QED) is 0.837. The van der Waals surface area contributed by atoms with Gasteiger partial charge >= 0.3 is 12.0 Å². The molecule has 0 fully saturated rings. The number of aliphatic carboxylic acids is 1. The second-order valence-corrected chi connectivity index (χ2v) is 5.00. The Kier molecular flexibility index (Phi) is 6.03. The molecule has 5 nitrogen and oxygen atoms in total. The summed E-state index contributed by atoms with van der Waals surface area (Å²) in [5.41, 5.74) is 1.22. The molecule has 110 valence electrons. The minimum atomic E-state index is -1.01. The molecule has 0 heterocycles. The number of likely N-dealkylation sites (N-methyl/N-ethyl adjacent to an activating group) is 1. The molecule has 0 aliphatic rings. The van der Waals surface area contributed by atoms with Gasteiger partial charge in [-0.15, -0.1) is 0 Å². The van der Waals surface area contributed by atoms with Crippen LogP contribution in [-0.2, 0) is 11.2 Å². The average Bonchev–Trinajstić information content (AvgIpc) is 2.44. The number of hydrogen-bond acceptors (Lipinski definition) is 2. The van der Waals surface area contributed by atoms with Gasteiger partial charge in [-0.05, 0) is 32.3 Å². The number of aryl methyl sites for hydroxylation is 1. The summed E-state index contributed by atoms with van der Waals surface area (Å²) < 4.78 is 0. The Labute approximate surface area is 119 Å². The van der Waals surface area contributed by atoms with Crippen LogP contribution >= 0.6 is 0 Å². The van der Waals surface area contributed by atoms with Gasteiger partial charge in [-0.3, -0.25) is 0 Å². The number of carboxylic acids is 1. The highest BCUT2D eigenvalue weighted by Gasteiger charge is 2.22. The molecule has 0 radical (unpaired) electrons. The first-order chi connectivity index (χ1) is 9.41. The second kappa shape index (κ2) is 7.53. The molecule has 0 saturated carbocycles. The second-order valence-electron chi connectivity index (χ2n) is 5.00. The number of urea groups is 1. The van der Waals surface area contributed by atoms with Crippen molar-refractivity contribution in [1.29, 1.82) is 0 Å². The maximum atomic E-state index is 11.9. The molecule has 0 spiro atoms. The number of nitrogens with one attached hydrogen (secondary N) is 1.